The van der Waals surface area contributed by atoms with E-state index in [1.165, 1.54) is 0 Å². The monoisotopic (exact) mass is 452 g/mol. The van der Waals surface area contributed by atoms with Crippen molar-refractivity contribution in [2.75, 3.05) is 18.0 Å². The van der Waals surface area contributed by atoms with E-state index in [-0.39, 0.29) is 5.25 Å². The lowest BCUT2D eigenvalue weighted by Gasteiger charge is -2.19. The van der Waals surface area contributed by atoms with Crippen LogP contribution in [-0.2, 0) is 0 Å². The molecule has 0 spiro atoms. The van der Waals surface area contributed by atoms with Crippen molar-refractivity contribution >= 4 is 29.3 Å². The van der Waals surface area contributed by atoms with Crippen molar-refractivity contribution in [2.45, 2.75) is 30.2 Å². The maximum absolute atomic E-state index is 6.30. The van der Waals surface area contributed by atoms with Crippen LogP contribution in [0.3, 0.4) is 0 Å². The van der Waals surface area contributed by atoms with Crippen molar-refractivity contribution in [3.8, 4) is 11.4 Å². The molecule has 2 aromatic carbocycles. The van der Waals surface area contributed by atoms with Crippen LogP contribution in [0, 0.1) is 0 Å². The Hall–Kier alpha value is -2.91. The van der Waals surface area contributed by atoms with Gasteiger partial charge in [-0.25, -0.2) is 0 Å². The third kappa shape index (κ3) is 4.03. The van der Waals surface area contributed by atoms with Crippen molar-refractivity contribution < 1.29 is 0 Å². The van der Waals surface area contributed by atoms with E-state index < -0.39 is 0 Å². The second-order valence-corrected chi connectivity index (χ2v) is 9.08. The Balaban J connectivity index is 1.51. The van der Waals surface area contributed by atoms with Crippen molar-refractivity contribution in [1.82, 2.24) is 35.0 Å². The van der Waals surface area contributed by atoms with Crippen LogP contribution < -0.4 is 4.90 Å². The maximum Gasteiger partial charge on any atom is 0.232 e. The summed E-state index contributed by atoms with van der Waals surface area (Å²) in [4.78, 5) is 2.27. The molecular weight excluding hydrogens is 432 g/mol. The number of hydrogen-bond donors (Lipinski definition) is 0. The molecule has 1 aliphatic rings. The first-order valence-corrected chi connectivity index (χ1v) is 11.4. The lowest BCUT2D eigenvalue weighted by molar-refractivity contribution is 0.760. The lowest BCUT2D eigenvalue weighted by atomic mass is 10.3. The molecule has 3 heterocycles. The Morgan fingerprint density at radius 2 is 1.71 bits per heavy atom. The molecule has 0 N–H and O–H groups in total. The fraction of sp³-hybridized carbons (Fsp3) is 0.286. The van der Waals surface area contributed by atoms with Gasteiger partial charge in [0.05, 0.1) is 16.6 Å². The molecule has 5 rings (SSSR count). The Morgan fingerprint density at radius 3 is 2.48 bits per heavy atom. The standard InChI is InChI=1S/C21H21ClN8S/c1-15(19-23-26-27-30(19)17-9-3-2-4-10-17)31-21-25-24-20(28-12-5-6-13-28)29(21)18-11-7-8-16(22)14-18/h2-4,7-11,14-15H,5-6,12-13H2,1H3. The number of hydrogen-bond acceptors (Lipinski definition) is 7. The number of halogens is 1. The minimum atomic E-state index is -0.0521. The molecule has 158 valence electrons. The number of benzene rings is 2. The van der Waals surface area contributed by atoms with Crippen LogP contribution in [0.25, 0.3) is 11.4 Å². The molecule has 1 unspecified atom stereocenters. The minimum absolute atomic E-state index is 0.0521. The molecule has 0 bridgehead atoms. The van der Waals surface area contributed by atoms with Crippen molar-refractivity contribution in [1.29, 1.82) is 0 Å². The fourth-order valence-corrected chi connectivity index (χ4v) is 4.85. The molecule has 10 heteroatoms. The van der Waals surface area contributed by atoms with Crippen molar-refractivity contribution in [2.24, 2.45) is 0 Å². The zero-order valence-electron chi connectivity index (χ0n) is 17.0. The lowest BCUT2D eigenvalue weighted by Crippen LogP contribution is -2.22. The average Bonchev–Trinajstić information content (AvgIpc) is 3.54. The molecule has 0 saturated carbocycles. The van der Waals surface area contributed by atoms with E-state index >= 15 is 0 Å². The summed E-state index contributed by atoms with van der Waals surface area (Å²) in [6, 6.07) is 17.7. The summed E-state index contributed by atoms with van der Waals surface area (Å²) in [5, 5.41) is 22.8. The molecule has 0 aliphatic carbocycles. The maximum atomic E-state index is 6.30. The summed E-state index contributed by atoms with van der Waals surface area (Å²) >= 11 is 7.87. The number of anilines is 1. The zero-order chi connectivity index (χ0) is 21.2. The van der Waals surface area contributed by atoms with Crippen LogP contribution >= 0.6 is 23.4 Å². The molecule has 4 aromatic rings. The van der Waals surface area contributed by atoms with E-state index in [1.54, 1.807) is 16.4 Å². The van der Waals surface area contributed by atoms with Gasteiger partial charge in [0.25, 0.3) is 0 Å². The van der Waals surface area contributed by atoms with Gasteiger partial charge >= 0.3 is 0 Å². The number of para-hydroxylation sites is 1. The largest absolute Gasteiger partial charge is 0.341 e. The minimum Gasteiger partial charge on any atom is -0.341 e. The molecule has 1 fully saturated rings. The first kappa shape index (κ1) is 20.0. The molecule has 1 aliphatic heterocycles. The van der Waals surface area contributed by atoms with Gasteiger partial charge in [0.2, 0.25) is 5.95 Å². The Kier molecular flexibility index (Phi) is 5.61. The van der Waals surface area contributed by atoms with Gasteiger partial charge < -0.3 is 4.90 Å². The Morgan fingerprint density at radius 1 is 0.935 bits per heavy atom. The van der Waals surface area contributed by atoms with Crippen molar-refractivity contribution in [3.63, 3.8) is 0 Å². The highest BCUT2D eigenvalue weighted by Gasteiger charge is 2.25. The SMILES string of the molecule is CC(Sc1nnc(N2CCCC2)n1-c1cccc(Cl)c1)c1nnnn1-c1ccccc1. The molecule has 1 saturated heterocycles. The average molecular weight is 453 g/mol. The summed E-state index contributed by atoms with van der Waals surface area (Å²) in [6.45, 7) is 4.03. The number of thioether (sulfide) groups is 1. The van der Waals surface area contributed by atoms with Gasteiger partial charge in [-0.05, 0) is 60.5 Å². The third-order valence-corrected chi connectivity index (χ3v) is 6.49. The van der Waals surface area contributed by atoms with Gasteiger partial charge in [-0.3, -0.25) is 4.57 Å². The summed E-state index contributed by atoms with van der Waals surface area (Å²) in [7, 11) is 0. The molecular formula is C21H21ClN8S. The summed E-state index contributed by atoms with van der Waals surface area (Å²) in [6.07, 6.45) is 2.32. The van der Waals surface area contributed by atoms with Crippen LogP contribution in [0.2, 0.25) is 5.02 Å². The second-order valence-electron chi connectivity index (χ2n) is 7.34. The van der Waals surface area contributed by atoms with Gasteiger partial charge in [0.15, 0.2) is 11.0 Å². The second kappa shape index (κ2) is 8.68. The third-order valence-electron chi connectivity index (χ3n) is 5.21. The smallest absolute Gasteiger partial charge is 0.232 e. The van der Waals surface area contributed by atoms with E-state index in [9.17, 15) is 0 Å². The van der Waals surface area contributed by atoms with Gasteiger partial charge in [0.1, 0.15) is 0 Å². The number of rotatable bonds is 6. The first-order valence-electron chi connectivity index (χ1n) is 10.2. The highest BCUT2D eigenvalue weighted by atomic mass is 35.5. The van der Waals surface area contributed by atoms with Crippen LogP contribution in [0.4, 0.5) is 5.95 Å². The van der Waals surface area contributed by atoms with Crippen LogP contribution in [0.5, 0.6) is 0 Å². The first-order chi connectivity index (χ1) is 15.2. The number of tetrazole rings is 1. The van der Waals surface area contributed by atoms with Crippen molar-refractivity contribution in [3.05, 3.63) is 65.4 Å². The fourth-order valence-electron chi connectivity index (χ4n) is 3.71. The quantitative estimate of drug-likeness (QED) is 0.402. The van der Waals surface area contributed by atoms with Crippen LogP contribution in [0.15, 0.2) is 59.8 Å². The molecule has 1 atom stereocenters. The zero-order valence-corrected chi connectivity index (χ0v) is 18.5. The van der Waals surface area contributed by atoms with Gasteiger partial charge in [-0.1, -0.05) is 47.6 Å². The molecule has 8 nitrogen and oxygen atoms in total. The summed E-state index contributed by atoms with van der Waals surface area (Å²) < 4.78 is 3.84. The highest BCUT2D eigenvalue weighted by molar-refractivity contribution is 7.99. The van der Waals surface area contributed by atoms with E-state index in [4.69, 9.17) is 11.6 Å². The van der Waals surface area contributed by atoms with Gasteiger partial charge in [-0.2, -0.15) is 4.68 Å². The highest BCUT2D eigenvalue weighted by Crippen LogP contribution is 2.37. The summed E-state index contributed by atoms with van der Waals surface area (Å²) in [5.74, 6) is 1.59. The van der Waals surface area contributed by atoms with E-state index in [0.717, 1.165) is 54.2 Å². The van der Waals surface area contributed by atoms with E-state index in [2.05, 4.69) is 42.1 Å². The van der Waals surface area contributed by atoms with E-state index in [1.807, 2.05) is 54.6 Å². The number of aromatic nitrogens is 7. The normalized spacial score (nSPS) is 14.8. The predicted octanol–water partition coefficient (Wildman–Crippen LogP) is 4.35. The molecule has 0 amide bonds. The molecule has 2 aromatic heterocycles. The van der Waals surface area contributed by atoms with E-state index in [0.29, 0.717) is 5.02 Å². The predicted molar refractivity (Wildman–Crippen MR) is 121 cm³/mol. The van der Waals surface area contributed by atoms with Gasteiger partial charge in [-0.15, -0.1) is 15.3 Å². The van der Waals surface area contributed by atoms with Crippen LogP contribution in [-0.4, -0.2) is 48.1 Å². The Bertz CT molecular complexity index is 1170. The number of nitrogens with zero attached hydrogens (tertiary/aromatic N) is 8. The molecule has 31 heavy (non-hydrogen) atoms. The topological polar surface area (TPSA) is 77.6 Å². The van der Waals surface area contributed by atoms with Gasteiger partial charge in [0, 0.05) is 18.1 Å². The Labute approximate surface area is 189 Å². The molecule has 0 radical (unpaired) electrons. The van der Waals surface area contributed by atoms with Crippen LogP contribution in [0.1, 0.15) is 30.8 Å². The summed E-state index contributed by atoms with van der Waals surface area (Å²) in [5.41, 5.74) is 1.86.